The van der Waals surface area contributed by atoms with Gasteiger partial charge in [-0.1, -0.05) is 6.42 Å². The molecule has 1 aromatic heterocycles. The monoisotopic (exact) mass is 467 g/mol. The Balaban J connectivity index is 1.62. The van der Waals surface area contributed by atoms with Gasteiger partial charge in [0.05, 0.1) is 33.3 Å². The lowest BCUT2D eigenvalue weighted by molar-refractivity contribution is 0.215. The molecule has 0 unspecified atom stereocenters. The molecule has 0 radical (unpaired) electrons. The first kappa shape index (κ1) is 24.0. The number of ether oxygens (including phenoxy) is 4. The van der Waals surface area contributed by atoms with Gasteiger partial charge in [0.2, 0.25) is 11.2 Å². The van der Waals surface area contributed by atoms with Gasteiger partial charge >= 0.3 is 0 Å². The molecule has 1 saturated heterocycles. The van der Waals surface area contributed by atoms with Crippen molar-refractivity contribution in [2.75, 3.05) is 47.6 Å². The molecule has 2 aromatic carbocycles. The van der Waals surface area contributed by atoms with Gasteiger partial charge in [-0.2, -0.15) is 0 Å². The van der Waals surface area contributed by atoms with Crippen molar-refractivity contribution in [3.8, 4) is 34.3 Å². The normalized spacial score (nSPS) is 14.2. The van der Waals surface area contributed by atoms with Crippen molar-refractivity contribution in [1.82, 2.24) is 4.90 Å². The van der Waals surface area contributed by atoms with Crippen LogP contribution in [0.5, 0.6) is 23.0 Å². The fourth-order valence-electron chi connectivity index (χ4n) is 4.38. The van der Waals surface area contributed by atoms with Crippen molar-refractivity contribution in [1.29, 1.82) is 0 Å². The van der Waals surface area contributed by atoms with Crippen LogP contribution in [0.25, 0.3) is 22.3 Å². The third kappa shape index (κ3) is 5.30. The minimum absolute atomic E-state index is 0.204. The van der Waals surface area contributed by atoms with Crippen LogP contribution in [0.4, 0.5) is 0 Å². The molecule has 0 atom stereocenters. The second kappa shape index (κ2) is 11.3. The number of rotatable bonds is 10. The van der Waals surface area contributed by atoms with E-state index in [1.54, 1.807) is 51.7 Å². The number of hydrogen-bond donors (Lipinski definition) is 0. The SMILES string of the molecule is COc1ccc2c(=O)c(OCCCCN3CCCCC3)c(-c3ccc(OC)c(OC)c3)oc2c1. The molecule has 0 aliphatic carbocycles. The largest absolute Gasteiger partial charge is 0.497 e. The average molecular weight is 468 g/mol. The van der Waals surface area contributed by atoms with Crippen LogP contribution in [0, 0.1) is 0 Å². The highest BCUT2D eigenvalue weighted by atomic mass is 16.5. The maximum absolute atomic E-state index is 13.4. The third-order valence-corrected chi connectivity index (χ3v) is 6.27. The Morgan fingerprint density at radius 1 is 0.882 bits per heavy atom. The first-order valence-electron chi connectivity index (χ1n) is 11.9. The van der Waals surface area contributed by atoms with Crippen LogP contribution >= 0.6 is 0 Å². The number of methoxy groups -OCH3 is 3. The van der Waals surface area contributed by atoms with Crippen molar-refractivity contribution in [3.05, 3.63) is 46.6 Å². The van der Waals surface area contributed by atoms with E-state index >= 15 is 0 Å². The zero-order valence-electron chi connectivity index (χ0n) is 20.2. The van der Waals surface area contributed by atoms with Gasteiger partial charge < -0.3 is 28.3 Å². The van der Waals surface area contributed by atoms with E-state index in [0.717, 1.165) is 19.4 Å². The van der Waals surface area contributed by atoms with Gasteiger partial charge in [-0.15, -0.1) is 0 Å². The fraction of sp³-hybridized carbons (Fsp3) is 0.444. The maximum atomic E-state index is 13.4. The molecule has 0 N–H and O–H groups in total. The standard InChI is InChI=1S/C27H33NO6/c1-30-20-10-11-21-23(18-20)34-26(19-9-12-22(31-2)24(17-19)32-3)27(25(21)29)33-16-8-7-15-28-13-5-4-6-14-28/h9-12,17-18H,4-8,13-16H2,1-3H3. The first-order chi connectivity index (χ1) is 16.6. The number of likely N-dealkylation sites (tertiary alicyclic amines) is 1. The number of hydrogen-bond acceptors (Lipinski definition) is 7. The first-order valence-corrected chi connectivity index (χ1v) is 11.9. The van der Waals surface area contributed by atoms with E-state index in [9.17, 15) is 4.79 Å². The Kier molecular flexibility index (Phi) is 7.95. The molecule has 7 heteroatoms. The second-order valence-corrected chi connectivity index (χ2v) is 8.48. The third-order valence-electron chi connectivity index (χ3n) is 6.27. The lowest BCUT2D eigenvalue weighted by Gasteiger charge is -2.26. The molecule has 2 heterocycles. The van der Waals surface area contributed by atoms with E-state index in [-0.39, 0.29) is 11.2 Å². The van der Waals surface area contributed by atoms with Crippen LogP contribution in [-0.4, -0.2) is 52.5 Å². The van der Waals surface area contributed by atoms with Gasteiger partial charge in [-0.25, -0.2) is 0 Å². The van der Waals surface area contributed by atoms with E-state index in [2.05, 4.69) is 4.90 Å². The van der Waals surface area contributed by atoms with Gasteiger partial charge in [0.15, 0.2) is 17.3 Å². The van der Waals surface area contributed by atoms with Gasteiger partial charge in [-0.05, 0) is 75.6 Å². The molecule has 1 fully saturated rings. The number of fused-ring (bicyclic) bond motifs is 1. The van der Waals surface area contributed by atoms with E-state index in [0.29, 0.717) is 46.1 Å². The van der Waals surface area contributed by atoms with E-state index in [1.165, 1.54) is 32.4 Å². The van der Waals surface area contributed by atoms with Crippen LogP contribution < -0.4 is 24.4 Å². The molecule has 0 bridgehead atoms. The highest BCUT2D eigenvalue weighted by Gasteiger charge is 2.20. The molecular weight excluding hydrogens is 434 g/mol. The fourth-order valence-corrected chi connectivity index (χ4v) is 4.38. The summed E-state index contributed by atoms with van der Waals surface area (Å²) in [6, 6.07) is 10.6. The lowest BCUT2D eigenvalue weighted by atomic mass is 10.1. The van der Waals surface area contributed by atoms with Crippen molar-refractivity contribution in [2.45, 2.75) is 32.1 Å². The molecule has 7 nitrogen and oxygen atoms in total. The van der Waals surface area contributed by atoms with Crippen molar-refractivity contribution < 1.29 is 23.4 Å². The molecule has 0 amide bonds. The molecule has 4 rings (SSSR count). The van der Waals surface area contributed by atoms with Crippen LogP contribution in [-0.2, 0) is 0 Å². The van der Waals surface area contributed by atoms with Crippen molar-refractivity contribution in [3.63, 3.8) is 0 Å². The molecule has 34 heavy (non-hydrogen) atoms. The quantitative estimate of drug-likeness (QED) is 0.383. The Labute approximate surface area is 200 Å². The number of nitrogens with zero attached hydrogens (tertiary/aromatic N) is 1. The van der Waals surface area contributed by atoms with Crippen molar-refractivity contribution >= 4 is 11.0 Å². The lowest BCUT2D eigenvalue weighted by Crippen LogP contribution is -2.30. The minimum Gasteiger partial charge on any atom is -0.497 e. The Morgan fingerprint density at radius 2 is 1.68 bits per heavy atom. The summed E-state index contributed by atoms with van der Waals surface area (Å²) >= 11 is 0. The predicted molar refractivity (Wildman–Crippen MR) is 133 cm³/mol. The highest BCUT2D eigenvalue weighted by molar-refractivity contribution is 5.83. The maximum Gasteiger partial charge on any atom is 0.235 e. The summed E-state index contributed by atoms with van der Waals surface area (Å²) < 4.78 is 28.4. The summed E-state index contributed by atoms with van der Waals surface area (Å²) in [6.45, 7) is 3.88. The van der Waals surface area contributed by atoms with Crippen LogP contribution in [0.15, 0.2) is 45.6 Å². The van der Waals surface area contributed by atoms with Gasteiger partial charge in [0.1, 0.15) is 11.3 Å². The zero-order chi connectivity index (χ0) is 23.9. The van der Waals surface area contributed by atoms with Gasteiger partial charge in [0.25, 0.3) is 0 Å². The molecule has 1 aliphatic rings. The molecule has 3 aromatic rings. The minimum atomic E-state index is -0.204. The zero-order valence-corrected chi connectivity index (χ0v) is 20.2. The topological polar surface area (TPSA) is 70.4 Å². The predicted octanol–water partition coefficient (Wildman–Crippen LogP) is 5.13. The number of piperidine rings is 1. The second-order valence-electron chi connectivity index (χ2n) is 8.48. The summed E-state index contributed by atoms with van der Waals surface area (Å²) in [7, 11) is 4.73. The molecular formula is C27H33NO6. The molecule has 0 saturated carbocycles. The van der Waals surface area contributed by atoms with Gasteiger partial charge in [0, 0.05) is 11.6 Å². The Bertz CT molecular complexity index is 1170. The summed E-state index contributed by atoms with van der Waals surface area (Å²) in [5.41, 5.74) is 0.902. The highest BCUT2D eigenvalue weighted by Crippen LogP contribution is 2.37. The summed E-state index contributed by atoms with van der Waals surface area (Å²) in [5.74, 6) is 2.32. The Morgan fingerprint density at radius 3 is 2.41 bits per heavy atom. The summed E-state index contributed by atoms with van der Waals surface area (Å²) in [6.07, 6.45) is 5.80. The molecule has 1 aliphatic heterocycles. The smallest absolute Gasteiger partial charge is 0.235 e. The number of benzene rings is 2. The molecule has 0 spiro atoms. The van der Waals surface area contributed by atoms with E-state index < -0.39 is 0 Å². The molecule has 182 valence electrons. The van der Waals surface area contributed by atoms with Crippen LogP contribution in [0.3, 0.4) is 0 Å². The van der Waals surface area contributed by atoms with Crippen LogP contribution in [0.2, 0.25) is 0 Å². The average Bonchev–Trinajstić information content (AvgIpc) is 2.89. The van der Waals surface area contributed by atoms with E-state index in [1.807, 2.05) is 6.07 Å². The van der Waals surface area contributed by atoms with E-state index in [4.69, 9.17) is 23.4 Å². The van der Waals surface area contributed by atoms with Gasteiger partial charge in [-0.3, -0.25) is 4.79 Å². The number of unbranched alkanes of at least 4 members (excludes halogenated alkanes) is 1. The van der Waals surface area contributed by atoms with Crippen LogP contribution in [0.1, 0.15) is 32.1 Å². The Hall–Kier alpha value is -3.19. The summed E-state index contributed by atoms with van der Waals surface area (Å²) in [4.78, 5) is 15.9. The summed E-state index contributed by atoms with van der Waals surface area (Å²) in [5, 5.41) is 0.452. The van der Waals surface area contributed by atoms with Crippen molar-refractivity contribution in [2.24, 2.45) is 0 Å².